The van der Waals surface area contributed by atoms with Crippen LogP contribution in [0.3, 0.4) is 0 Å². The molecule has 2 saturated carbocycles. The van der Waals surface area contributed by atoms with Crippen LogP contribution < -0.4 is 5.32 Å². The van der Waals surface area contributed by atoms with E-state index in [4.69, 9.17) is 4.98 Å². The Morgan fingerprint density at radius 3 is 2.82 bits per heavy atom. The van der Waals surface area contributed by atoms with Crippen LogP contribution in [-0.4, -0.2) is 21.6 Å². The molecule has 1 aromatic carbocycles. The van der Waals surface area contributed by atoms with E-state index in [1.54, 1.807) is 0 Å². The molecule has 2 fully saturated rings. The molecule has 2 aliphatic rings. The molecule has 0 aliphatic heterocycles. The van der Waals surface area contributed by atoms with Crippen molar-refractivity contribution in [3.63, 3.8) is 0 Å². The van der Waals surface area contributed by atoms with E-state index < -0.39 is 0 Å². The number of anilines is 1. The molecule has 2 unspecified atom stereocenters. The summed E-state index contributed by atoms with van der Waals surface area (Å²) in [6.45, 7) is 2.29. The number of pyridine rings is 1. The molecule has 2 heterocycles. The molecule has 2 aromatic heterocycles. The summed E-state index contributed by atoms with van der Waals surface area (Å²) in [5, 5.41) is 4.41. The lowest BCUT2D eigenvalue weighted by Crippen LogP contribution is -2.07. The van der Waals surface area contributed by atoms with Crippen molar-refractivity contribution in [3.05, 3.63) is 30.6 Å². The highest BCUT2D eigenvalue weighted by molar-refractivity contribution is 6.06. The van der Waals surface area contributed by atoms with Gasteiger partial charge in [-0.1, -0.05) is 38.0 Å². The average molecular weight is 292 g/mol. The molecule has 5 rings (SSSR count). The molecular formula is C18H20N4. The third-order valence-electron chi connectivity index (χ3n) is 5.53. The van der Waals surface area contributed by atoms with Crippen LogP contribution in [0.1, 0.15) is 25.8 Å². The van der Waals surface area contributed by atoms with Crippen LogP contribution in [0, 0.1) is 17.8 Å². The second-order valence-corrected chi connectivity index (χ2v) is 6.67. The van der Waals surface area contributed by atoms with Gasteiger partial charge in [-0.25, -0.2) is 9.97 Å². The number of fused-ring (bicyclic) bond motifs is 4. The van der Waals surface area contributed by atoms with Crippen molar-refractivity contribution >= 4 is 27.8 Å². The molecule has 112 valence electrons. The van der Waals surface area contributed by atoms with E-state index in [2.05, 4.69) is 40.0 Å². The first kappa shape index (κ1) is 12.4. The van der Waals surface area contributed by atoms with Gasteiger partial charge in [0.25, 0.3) is 0 Å². The SMILES string of the molecule is CCCC1C2C1C2n1cnc2c(NC)nc3ccccc3c21. The summed E-state index contributed by atoms with van der Waals surface area (Å²) in [4.78, 5) is 9.37. The highest BCUT2D eigenvalue weighted by Crippen LogP contribution is 2.77. The van der Waals surface area contributed by atoms with Gasteiger partial charge < -0.3 is 9.88 Å². The Hall–Kier alpha value is -2.10. The van der Waals surface area contributed by atoms with Crippen molar-refractivity contribution in [2.75, 3.05) is 12.4 Å². The molecule has 0 saturated heterocycles. The van der Waals surface area contributed by atoms with Crippen LogP contribution in [0.25, 0.3) is 21.9 Å². The summed E-state index contributed by atoms with van der Waals surface area (Å²) in [7, 11) is 1.92. The van der Waals surface area contributed by atoms with E-state index in [0.717, 1.165) is 34.6 Å². The quantitative estimate of drug-likeness (QED) is 0.794. The van der Waals surface area contributed by atoms with Crippen molar-refractivity contribution in [1.29, 1.82) is 0 Å². The van der Waals surface area contributed by atoms with Crippen molar-refractivity contribution in [1.82, 2.24) is 14.5 Å². The zero-order chi connectivity index (χ0) is 14.8. The lowest BCUT2D eigenvalue weighted by Gasteiger charge is -2.14. The van der Waals surface area contributed by atoms with E-state index in [0.29, 0.717) is 6.04 Å². The maximum absolute atomic E-state index is 4.70. The van der Waals surface area contributed by atoms with Gasteiger partial charge in [0.2, 0.25) is 0 Å². The van der Waals surface area contributed by atoms with Gasteiger partial charge in [-0.15, -0.1) is 0 Å². The van der Waals surface area contributed by atoms with E-state index in [-0.39, 0.29) is 0 Å². The van der Waals surface area contributed by atoms with Gasteiger partial charge in [-0.05, 0) is 23.8 Å². The second-order valence-electron chi connectivity index (χ2n) is 6.67. The largest absolute Gasteiger partial charge is 0.371 e. The monoisotopic (exact) mass is 292 g/mol. The number of nitrogens with zero attached hydrogens (tertiary/aromatic N) is 3. The predicted molar refractivity (Wildman–Crippen MR) is 89.0 cm³/mol. The van der Waals surface area contributed by atoms with Gasteiger partial charge in [0.15, 0.2) is 5.82 Å². The molecule has 4 heteroatoms. The van der Waals surface area contributed by atoms with Gasteiger partial charge in [-0.2, -0.15) is 0 Å². The smallest absolute Gasteiger partial charge is 0.154 e. The Labute approximate surface area is 129 Å². The highest BCUT2D eigenvalue weighted by Gasteiger charge is 2.73. The number of hydrogen-bond acceptors (Lipinski definition) is 3. The van der Waals surface area contributed by atoms with Crippen LogP contribution >= 0.6 is 0 Å². The van der Waals surface area contributed by atoms with Crippen molar-refractivity contribution in [3.8, 4) is 0 Å². The first-order chi connectivity index (χ1) is 10.8. The van der Waals surface area contributed by atoms with Crippen LogP contribution in [-0.2, 0) is 0 Å². The fourth-order valence-corrected chi connectivity index (χ4v) is 4.37. The van der Waals surface area contributed by atoms with Crippen molar-refractivity contribution < 1.29 is 0 Å². The number of aromatic nitrogens is 3. The first-order valence-electron chi connectivity index (χ1n) is 8.28. The third kappa shape index (κ3) is 1.47. The number of imidazole rings is 1. The molecule has 0 bridgehead atoms. The molecule has 2 aliphatic carbocycles. The summed E-state index contributed by atoms with van der Waals surface area (Å²) in [6, 6.07) is 9.07. The van der Waals surface area contributed by atoms with E-state index in [1.165, 1.54) is 23.7 Å². The summed E-state index contributed by atoms with van der Waals surface area (Å²) in [6.07, 6.45) is 4.73. The lowest BCUT2D eigenvalue weighted by atomic mass is 10.1. The third-order valence-corrected chi connectivity index (χ3v) is 5.53. The van der Waals surface area contributed by atoms with Gasteiger partial charge in [0.05, 0.1) is 17.4 Å². The van der Waals surface area contributed by atoms with E-state index in [9.17, 15) is 0 Å². The van der Waals surface area contributed by atoms with E-state index in [1.807, 2.05) is 19.4 Å². The van der Waals surface area contributed by atoms with Gasteiger partial charge >= 0.3 is 0 Å². The zero-order valence-electron chi connectivity index (χ0n) is 13.0. The fraction of sp³-hybridized carbons (Fsp3) is 0.444. The summed E-state index contributed by atoms with van der Waals surface area (Å²) < 4.78 is 2.42. The molecular weight excluding hydrogens is 272 g/mol. The topological polar surface area (TPSA) is 42.7 Å². The van der Waals surface area contributed by atoms with Crippen molar-refractivity contribution in [2.24, 2.45) is 17.8 Å². The Morgan fingerprint density at radius 1 is 1.23 bits per heavy atom. The molecule has 22 heavy (non-hydrogen) atoms. The maximum atomic E-state index is 4.70. The lowest BCUT2D eigenvalue weighted by molar-refractivity contribution is 0.441. The number of nitrogens with one attached hydrogen (secondary N) is 1. The minimum absolute atomic E-state index is 0.678. The number of rotatable bonds is 4. The summed E-state index contributed by atoms with van der Waals surface area (Å²) in [5.41, 5.74) is 3.29. The van der Waals surface area contributed by atoms with Gasteiger partial charge in [0.1, 0.15) is 5.52 Å². The predicted octanol–water partition coefficient (Wildman–Crippen LogP) is 3.84. The first-order valence-corrected chi connectivity index (χ1v) is 8.28. The second kappa shape index (κ2) is 4.22. The molecule has 2 atom stereocenters. The van der Waals surface area contributed by atoms with Crippen LogP contribution in [0.2, 0.25) is 0 Å². The molecule has 0 spiro atoms. The molecule has 0 radical (unpaired) electrons. The van der Waals surface area contributed by atoms with Crippen molar-refractivity contribution in [2.45, 2.75) is 25.8 Å². The number of para-hydroxylation sites is 1. The minimum Gasteiger partial charge on any atom is -0.371 e. The van der Waals surface area contributed by atoms with Crippen LogP contribution in [0.15, 0.2) is 30.6 Å². The van der Waals surface area contributed by atoms with Gasteiger partial charge in [-0.3, -0.25) is 0 Å². The fourth-order valence-electron chi connectivity index (χ4n) is 4.37. The average Bonchev–Trinajstić information content (AvgIpc) is 3.41. The molecule has 3 aromatic rings. The molecule has 4 nitrogen and oxygen atoms in total. The standard InChI is InChI=1S/C18H20N4/c1-3-6-11-13-14(11)17(13)22-9-20-15-16(22)10-7-4-5-8-12(10)21-18(15)19-2/h4-5,7-9,11,13-14,17H,3,6H2,1-2H3,(H,19,21). The normalized spacial score (nSPS) is 28.8. The van der Waals surface area contributed by atoms with Gasteiger partial charge in [0, 0.05) is 18.5 Å². The summed E-state index contributed by atoms with van der Waals surface area (Å²) in [5.74, 6) is 3.67. The Bertz CT molecular complexity index is 871. The highest BCUT2D eigenvalue weighted by atomic mass is 15.2. The summed E-state index contributed by atoms with van der Waals surface area (Å²) >= 11 is 0. The van der Waals surface area contributed by atoms with Crippen LogP contribution in [0.5, 0.6) is 0 Å². The molecule has 0 amide bonds. The van der Waals surface area contributed by atoms with Crippen LogP contribution in [0.4, 0.5) is 5.82 Å². The minimum atomic E-state index is 0.678. The molecule has 1 N–H and O–H groups in total. The van der Waals surface area contributed by atoms with E-state index >= 15 is 0 Å². The zero-order valence-corrected chi connectivity index (χ0v) is 13.0. The number of benzene rings is 1. The number of hydrogen-bond donors (Lipinski definition) is 1. The Balaban J connectivity index is 1.66. The Kier molecular flexibility index (Phi) is 2.38. The Morgan fingerprint density at radius 2 is 2.05 bits per heavy atom. The maximum Gasteiger partial charge on any atom is 0.154 e.